The first-order valence-corrected chi connectivity index (χ1v) is 5.17. The van der Waals surface area contributed by atoms with Crippen LogP contribution in [0.15, 0.2) is 10.8 Å². The maximum atomic E-state index is 3.50. The Balaban J connectivity index is 2.79. The minimum absolute atomic E-state index is 1.13. The van der Waals surface area contributed by atoms with Crippen molar-refractivity contribution in [2.75, 3.05) is 0 Å². The molecule has 68 valence electrons. The molecule has 0 amide bonds. The zero-order valence-electron chi connectivity index (χ0n) is 7.97. The van der Waals surface area contributed by atoms with E-state index in [-0.39, 0.29) is 0 Å². The lowest BCUT2D eigenvalue weighted by molar-refractivity contribution is -0.702. The molecule has 0 unspecified atom stereocenters. The van der Waals surface area contributed by atoms with E-state index in [1.807, 2.05) is 0 Å². The van der Waals surface area contributed by atoms with Crippen LogP contribution in [-0.4, -0.2) is 4.57 Å². The highest BCUT2D eigenvalue weighted by atomic mass is 79.9. The van der Waals surface area contributed by atoms with Crippen LogP contribution in [0.2, 0.25) is 0 Å². The topological polar surface area (TPSA) is 8.81 Å². The van der Waals surface area contributed by atoms with E-state index in [0.29, 0.717) is 0 Å². The average Bonchev–Trinajstić information content (AvgIpc) is 2.30. The fourth-order valence-electron chi connectivity index (χ4n) is 1.21. The van der Waals surface area contributed by atoms with Gasteiger partial charge in [-0.15, -0.1) is 0 Å². The van der Waals surface area contributed by atoms with Gasteiger partial charge in [0, 0.05) is 22.9 Å². The average molecular weight is 232 g/mol. The number of aromatic nitrogens is 2. The molecule has 0 aliphatic carbocycles. The Morgan fingerprint density at radius 1 is 1.58 bits per heavy atom. The molecule has 1 rings (SSSR count). The molecular weight excluding hydrogens is 216 g/mol. The molecule has 0 spiro atoms. The van der Waals surface area contributed by atoms with Crippen LogP contribution in [0.1, 0.15) is 25.6 Å². The lowest BCUT2D eigenvalue weighted by Crippen LogP contribution is -2.35. The zero-order valence-corrected chi connectivity index (χ0v) is 9.56. The lowest BCUT2D eigenvalue weighted by Gasteiger charge is -1.95. The third kappa shape index (κ3) is 1.89. The Bertz CT molecular complexity index is 266. The van der Waals surface area contributed by atoms with Gasteiger partial charge in [-0.25, -0.2) is 9.13 Å². The standard InChI is InChI=1S/C9H16BrN2/c1-4-5-6-12-7-9(10)11(3)8(12)2/h7H,4-6H2,1-3H3/q+1. The fraction of sp³-hybridized carbons (Fsp3) is 0.667. The number of rotatable bonds is 3. The molecule has 0 N–H and O–H groups in total. The molecule has 0 radical (unpaired) electrons. The molecule has 2 nitrogen and oxygen atoms in total. The molecule has 12 heavy (non-hydrogen) atoms. The van der Waals surface area contributed by atoms with Crippen molar-refractivity contribution in [3.8, 4) is 0 Å². The molecule has 0 saturated carbocycles. The summed E-state index contributed by atoms with van der Waals surface area (Å²) in [5.41, 5.74) is 0. The second-order valence-corrected chi connectivity index (χ2v) is 3.92. The van der Waals surface area contributed by atoms with Crippen LogP contribution in [-0.2, 0) is 13.6 Å². The van der Waals surface area contributed by atoms with Gasteiger partial charge in [0.2, 0.25) is 4.60 Å². The van der Waals surface area contributed by atoms with Crippen molar-refractivity contribution >= 4 is 15.9 Å². The van der Waals surface area contributed by atoms with E-state index in [1.54, 1.807) is 0 Å². The van der Waals surface area contributed by atoms with E-state index in [0.717, 1.165) is 11.1 Å². The van der Waals surface area contributed by atoms with Crippen molar-refractivity contribution in [2.24, 2.45) is 7.05 Å². The number of hydrogen-bond donors (Lipinski definition) is 0. The Labute approximate surface area is 82.3 Å². The van der Waals surface area contributed by atoms with Gasteiger partial charge in [0.1, 0.15) is 6.20 Å². The minimum atomic E-state index is 1.13. The molecule has 1 aromatic rings. The minimum Gasteiger partial charge on any atom is -0.233 e. The predicted molar refractivity (Wildman–Crippen MR) is 53.0 cm³/mol. The molecule has 1 heterocycles. The van der Waals surface area contributed by atoms with Crippen molar-refractivity contribution < 1.29 is 4.57 Å². The summed E-state index contributed by atoms with van der Waals surface area (Å²) in [6, 6.07) is 0. The first-order chi connectivity index (χ1) is 5.66. The van der Waals surface area contributed by atoms with Gasteiger partial charge in [-0.1, -0.05) is 13.3 Å². The van der Waals surface area contributed by atoms with Crippen LogP contribution >= 0.6 is 15.9 Å². The summed E-state index contributed by atoms with van der Waals surface area (Å²) in [5, 5.41) is 0. The maximum Gasteiger partial charge on any atom is 0.253 e. The second kappa shape index (κ2) is 4.08. The van der Waals surface area contributed by atoms with Gasteiger partial charge >= 0.3 is 0 Å². The molecule has 1 aromatic heterocycles. The fourth-order valence-corrected chi connectivity index (χ4v) is 1.71. The van der Waals surface area contributed by atoms with Gasteiger partial charge in [-0.05, 0) is 6.42 Å². The summed E-state index contributed by atoms with van der Waals surface area (Å²) < 4.78 is 5.58. The molecule has 0 atom stereocenters. The van der Waals surface area contributed by atoms with E-state index in [1.165, 1.54) is 18.7 Å². The highest BCUT2D eigenvalue weighted by molar-refractivity contribution is 9.10. The number of hydrogen-bond acceptors (Lipinski definition) is 0. The van der Waals surface area contributed by atoms with Crippen LogP contribution in [0.5, 0.6) is 0 Å². The Morgan fingerprint density at radius 3 is 2.67 bits per heavy atom. The van der Waals surface area contributed by atoms with Crippen molar-refractivity contribution in [3.05, 3.63) is 16.6 Å². The van der Waals surface area contributed by atoms with E-state index >= 15 is 0 Å². The summed E-state index contributed by atoms with van der Waals surface area (Å²) in [4.78, 5) is 0. The van der Waals surface area contributed by atoms with Crippen molar-refractivity contribution in [1.29, 1.82) is 0 Å². The normalized spacial score (nSPS) is 10.7. The van der Waals surface area contributed by atoms with Gasteiger partial charge in [-0.2, -0.15) is 0 Å². The first-order valence-electron chi connectivity index (χ1n) is 4.38. The van der Waals surface area contributed by atoms with Crippen molar-refractivity contribution in [1.82, 2.24) is 4.57 Å². The van der Waals surface area contributed by atoms with Gasteiger partial charge in [-0.3, -0.25) is 0 Å². The van der Waals surface area contributed by atoms with Crippen LogP contribution in [0, 0.1) is 6.92 Å². The second-order valence-electron chi connectivity index (χ2n) is 3.11. The largest absolute Gasteiger partial charge is 0.253 e. The number of imidazole rings is 1. The quantitative estimate of drug-likeness (QED) is 0.706. The van der Waals surface area contributed by atoms with Crippen LogP contribution in [0.25, 0.3) is 0 Å². The van der Waals surface area contributed by atoms with Crippen LogP contribution in [0.3, 0.4) is 0 Å². The molecule has 0 bridgehead atoms. The highest BCUT2D eigenvalue weighted by Crippen LogP contribution is 2.08. The van der Waals surface area contributed by atoms with Gasteiger partial charge < -0.3 is 0 Å². The maximum absolute atomic E-state index is 3.50. The molecule has 0 aromatic carbocycles. The van der Waals surface area contributed by atoms with E-state index in [9.17, 15) is 0 Å². The summed E-state index contributed by atoms with van der Waals surface area (Å²) >= 11 is 3.50. The monoisotopic (exact) mass is 231 g/mol. The highest BCUT2D eigenvalue weighted by Gasteiger charge is 2.12. The third-order valence-electron chi connectivity index (χ3n) is 2.24. The van der Waals surface area contributed by atoms with E-state index < -0.39 is 0 Å². The van der Waals surface area contributed by atoms with Gasteiger partial charge in [0.25, 0.3) is 5.82 Å². The lowest BCUT2D eigenvalue weighted by atomic mass is 10.3. The van der Waals surface area contributed by atoms with Crippen LogP contribution in [0.4, 0.5) is 0 Å². The number of unbranched alkanes of at least 4 members (excludes halogenated alkanes) is 1. The zero-order chi connectivity index (χ0) is 9.14. The SMILES string of the molecule is CCCC[n+]1cc(Br)n(C)c1C. The number of nitrogens with zero attached hydrogens (tertiary/aromatic N) is 2. The summed E-state index contributed by atoms with van der Waals surface area (Å²) in [6.45, 7) is 5.48. The smallest absolute Gasteiger partial charge is 0.233 e. The molecule has 0 aliphatic rings. The molecule has 0 aliphatic heterocycles. The predicted octanol–water partition coefficient (Wildman–Crippen LogP) is 2.18. The number of aryl methyl sites for hydroxylation is 1. The summed E-state index contributed by atoms with van der Waals surface area (Å²) in [6.07, 6.45) is 4.64. The Hall–Kier alpha value is -0.310. The van der Waals surface area contributed by atoms with Gasteiger partial charge in [0.15, 0.2) is 0 Å². The van der Waals surface area contributed by atoms with E-state index in [2.05, 4.69) is 52.2 Å². The van der Waals surface area contributed by atoms with Crippen LogP contribution < -0.4 is 4.57 Å². The number of halogens is 1. The molecule has 0 saturated heterocycles. The third-order valence-corrected chi connectivity index (χ3v) is 2.97. The Morgan fingerprint density at radius 2 is 2.25 bits per heavy atom. The van der Waals surface area contributed by atoms with Gasteiger partial charge in [0.05, 0.1) is 13.6 Å². The summed E-state index contributed by atoms with van der Waals surface area (Å²) in [7, 11) is 2.07. The first kappa shape index (κ1) is 9.78. The summed E-state index contributed by atoms with van der Waals surface area (Å²) in [5.74, 6) is 1.30. The Kier molecular flexibility index (Phi) is 3.32. The van der Waals surface area contributed by atoms with E-state index in [4.69, 9.17) is 0 Å². The van der Waals surface area contributed by atoms with Crippen molar-refractivity contribution in [3.63, 3.8) is 0 Å². The molecule has 3 heteroatoms. The van der Waals surface area contributed by atoms with Crippen molar-refractivity contribution in [2.45, 2.75) is 33.2 Å². The molecule has 0 fully saturated rings. The molecular formula is C9H16BrN2+.